The fourth-order valence-corrected chi connectivity index (χ4v) is 6.69. The molecule has 1 aliphatic heterocycles. The molecule has 9 nitrogen and oxygen atoms in total. The van der Waals surface area contributed by atoms with Crippen LogP contribution in [0.15, 0.2) is 55.5 Å². The van der Waals surface area contributed by atoms with Crippen molar-refractivity contribution in [1.82, 2.24) is 39.6 Å². The van der Waals surface area contributed by atoms with Crippen LogP contribution in [0.2, 0.25) is 0 Å². The molecule has 8 rings (SSSR count). The first-order valence-corrected chi connectivity index (χ1v) is 14.0. The summed E-state index contributed by atoms with van der Waals surface area (Å²) in [6.07, 6.45) is 14.0. The summed E-state index contributed by atoms with van der Waals surface area (Å²) in [6, 6.07) is 6.56. The number of halogens is 1. The van der Waals surface area contributed by atoms with E-state index in [9.17, 15) is 4.39 Å². The Labute approximate surface area is 230 Å². The lowest BCUT2D eigenvalue weighted by Crippen LogP contribution is -2.62. The second-order valence-corrected chi connectivity index (χ2v) is 11.7. The van der Waals surface area contributed by atoms with Gasteiger partial charge >= 0.3 is 0 Å². The molecule has 0 amide bonds. The van der Waals surface area contributed by atoms with Gasteiger partial charge in [-0.25, -0.2) is 14.1 Å². The molecule has 2 N–H and O–H groups in total. The largest absolute Gasteiger partial charge is 0.372 e. The van der Waals surface area contributed by atoms with Gasteiger partial charge in [0.05, 0.1) is 37.3 Å². The zero-order valence-electron chi connectivity index (χ0n) is 22.3. The van der Waals surface area contributed by atoms with Gasteiger partial charge in [0, 0.05) is 70.7 Å². The Morgan fingerprint density at radius 1 is 1.15 bits per heavy atom. The third-order valence-electron chi connectivity index (χ3n) is 9.16. The van der Waals surface area contributed by atoms with Gasteiger partial charge in [-0.15, -0.1) is 0 Å². The summed E-state index contributed by atoms with van der Waals surface area (Å²) in [5, 5.41) is 9.38. The minimum atomic E-state index is -0.853. The number of rotatable bonds is 8. The van der Waals surface area contributed by atoms with Crippen molar-refractivity contribution in [3.05, 3.63) is 78.0 Å². The zero-order valence-corrected chi connectivity index (χ0v) is 22.3. The van der Waals surface area contributed by atoms with Crippen LogP contribution in [-0.4, -0.2) is 46.0 Å². The molecule has 2 saturated carbocycles. The minimum Gasteiger partial charge on any atom is -0.372 e. The molecular weight excluding hydrogens is 507 g/mol. The summed E-state index contributed by atoms with van der Waals surface area (Å²) in [4.78, 5) is 17.1. The number of aromatic amines is 1. The minimum absolute atomic E-state index is 0.262. The molecule has 2 fully saturated rings. The Balaban J connectivity index is 0.934. The maximum atomic E-state index is 14.3. The molecule has 0 spiro atoms. The Hall–Kier alpha value is -3.89. The average Bonchev–Trinajstić information content (AvgIpc) is 3.75. The zero-order chi connectivity index (χ0) is 26.8. The number of aromatic nitrogens is 7. The summed E-state index contributed by atoms with van der Waals surface area (Å²) in [7, 11) is 0. The summed E-state index contributed by atoms with van der Waals surface area (Å²) >= 11 is 0. The van der Waals surface area contributed by atoms with Gasteiger partial charge in [0.25, 0.3) is 0 Å². The number of nitrogens with zero attached hydrogens (tertiary/aromatic N) is 6. The normalized spacial score (nSPS) is 23.9. The molecule has 4 atom stereocenters. The highest BCUT2D eigenvalue weighted by atomic mass is 19.1. The molecule has 3 aliphatic rings. The number of hydrogen-bond donors (Lipinski definition) is 2. The van der Waals surface area contributed by atoms with Gasteiger partial charge in [0.2, 0.25) is 0 Å². The van der Waals surface area contributed by atoms with Crippen LogP contribution >= 0.6 is 0 Å². The van der Waals surface area contributed by atoms with E-state index in [1.54, 1.807) is 17.2 Å². The van der Waals surface area contributed by atoms with Crippen LogP contribution in [0.4, 0.5) is 4.39 Å². The fourth-order valence-electron chi connectivity index (χ4n) is 6.69. The van der Waals surface area contributed by atoms with Crippen LogP contribution in [-0.2, 0) is 31.0 Å². The summed E-state index contributed by atoms with van der Waals surface area (Å²) in [6.45, 7) is 4.74. The van der Waals surface area contributed by atoms with Crippen molar-refractivity contribution in [3.63, 3.8) is 0 Å². The Kier molecular flexibility index (Phi) is 5.43. The van der Waals surface area contributed by atoms with E-state index in [1.807, 2.05) is 18.5 Å². The molecule has 10 heteroatoms. The van der Waals surface area contributed by atoms with Crippen LogP contribution < -0.4 is 5.32 Å². The Bertz CT molecular complexity index is 1700. The summed E-state index contributed by atoms with van der Waals surface area (Å²) in [5.74, 6) is 1.34. The lowest BCUT2D eigenvalue weighted by molar-refractivity contribution is -0.161. The second kappa shape index (κ2) is 9.07. The van der Waals surface area contributed by atoms with Gasteiger partial charge in [-0.3, -0.25) is 9.97 Å². The fraction of sp³-hybridized carbons (Fsp3) is 0.400. The molecule has 4 unspecified atom stereocenters. The Morgan fingerprint density at radius 3 is 2.80 bits per heavy atom. The van der Waals surface area contributed by atoms with Gasteiger partial charge in [0.15, 0.2) is 5.82 Å². The van der Waals surface area contributed by atoms with E-state index in [4.69, 9.17) is 9.84 Å². The maximum Gasteiger partial charge on any atom is 0.182 e. The lowest BCUT2D eigenvalue weighted by atomic mass is 9.49. The van der Waals surface area contributed by atoms with Crippen LogP contribution in [0, 0.1) is 11.8 Å². The second-order valence-electron chi connectivity index (χ2n) is 11.7. The number of H-pyrrole nitrogens is 1. The quantitative estimate of drug-likeness (QED) is 0.297. The lowest BCUT2D eigenvalue weighted by Gasteiger charge is -2.59. The van der Waals surface area contributed by atoms with Gasteiger partial charge in [-0.2, -0.15) is 5.10 Å². The first-order chi connectivity index (χ1) is 19.5. The smallest absolute Gasteiger partial charge is 0.182 e. The van der Waals surface area contributed by atoms with Crippen LogP contribution in [0.1, 0.15) is 48.7 Å². The average molecular weight is 539 g/mol. The van der Waals surface area contributed by atoms with Crippen LogP contribution in [0.5, 0.6) is 0 Å². The number of fused-ring (bicyclic) bond motifs is 3. The Morgan fingerprint density at radius 2 is 2.02 bits per heavy atom. The van der Waals surface area contributed by atoms with E-state index in [-0.39, 0.29) is 5.92 Å². The van der Waals surface area contributed by atoms with Gasteiger partial charge in [-0.1, -0.05) is 0 Å². The SMILES string of the molecule is CC(NCc1cc2cnc(Cn3cnc(-c4cncc(-n5cc6c(c5)COC6)c4)n3)cc2[nH]1)C1CC2(F)CCC12. The third kappa shape index (κ3) is 4.05. The van der Waals surface area contributed by atoms with E-state index in [0.29, 0.717) is 44.0 Å². The first-order valence-electron chi connectivity index (χ1n) is 14.0. The molecular formula is C30H31FN8O. The first kappa shape index (κ1) is 24.0. The highest BCUT2D eigenvalue weighted by molar-refractivity contribution is 5.79. The van der Waals surface area contributed by atoms with E-state index < -0.39 is 5.67 Å². The van der Waals surface area contributed by atoms with Crippen molar-refractivity contribution in [2.24, 2.45) is 11.8 Å². The standard InChI is InChI=1S/C30H31FN8O/c1-18(26-7-30(31)3-2-27(26)30)33-10-23-4-19-9-34-24(6-28(19)36-23)14-39-17-35-29(37-39)20-5-25(11-32-8-20)38-12-21-15-40-16-22(21)13-38/h4-6,8-9,11-13,17-18,26-27,33,36H,2-3,7,10,14-16H2,1H3. The van der Waals surface area contributed by atoms with Crippen molar-refractivity contribution in [1.29, 1.82) is 0 Å². The molecule has 5 aromatic rings. The van der Waals surface area contributed by atoms with Crippen molar-refractivity contribution in [2.45, 2.75) is 64.2 Å². The van der Waals surface area contributed by atoms with E-state index in [2.05, 4.69) is 61.3 Å². The van der Waals surface area contributed by atoms with Crippen molar-refractivity contribution in [3.8, 4) is 17.1 Å². The molecule has 204 valence electrons. The van der Waals surface area contributed by atoms with Gasteiger partial charge < -0.3 is 19.6 Å². The van der Waals surface area contributed by atoms with Gasteiger partial charge in [-0.05, 0) is 56.2 Å². The van der Waals surface area contributed by atoms with Gasteiger partial charge in [0.1, 0.15) is 12.0 Å². The number of pyridine rings is 2. The number of ether oxygens (including phenoxy) is 1. The molecule has 5 aromatic heterocycles. The van der Waals surface area contributed by atoms with E-state index in [0.717, 1.165) is 52.9 Å². The van der Waals surface area contributed by atoms with Crippen LogP contribution in [0.3, 0.4) is 0 Å². The monoisotopic (exact) mass is 538 g/mol. The van der Waals surface area contributed by atoms with Crippen molar-refractivity contribution < 1.29 is 9.13 Å². The molecule has 6 heterocycles. The predicted molar refractivity (Wildman–Crippen MR) is 147 cm³/mol. The number of nitrogens with one attached hydrogen (secondary N) is 2. The maximum absolute atomic E-state index is 14.3. The predicted octanol–water partition coefficient (Wildman–Crippen LogP) is 4.70. The molecule has 0 aromatic carbocycles. The molecule has 40 heavy (non-hydrogen) atoms. The highest BCUT2D eigenvalue weighted by Crippen LogP contribution is 2.61. The third-order valence-corrected chi connectivity index (χ3v) is 9.16. The summed E-state index contributed by atoms with van der Waals surface area (Å²) in [5.41, 5.74) is 6.45. The van der Waals surface area contributed by atoms with Crippen molar-refractivity contribution >= 4 is 10.9 Å². The van der Waals surface area contributed by atoms with Crippen molar-refractivity contribution in [2.75, 3.05) is 0 Å². The van der Waals surface area contributed by atoms with E-state index >= 15 is 0 Å². The summed E-state index contributed by atoms with van der Waals surface area (Å²) < 4.78 is 23.7. The molecule has 0 saturated heterocycles. The topological polar surface area (TPSA) is 98.5 Å². The van der Waals surface area contributed by atoms with Crippen LogP contribution in [0.25, 0.3) is 28.0 Å². The van der Waals surface area contributed by atoms with E-state index in [1.165, 1.54) is 11.1 Å². The molecule has 0 radical (unpaired) electrons. The highest BCUT2D eigenvalue weighted by Gasteiger charge is 2.61. The number of hydrogen-bond acceptors (Lipinski definition) is 6. The number of alkyl halides is 1. The molecule has 0 bridgehead atoms. The molecule has 2 aliphatic carbocycles.